The van der Waals surface area contributed by atoms with Crippen LogP contribution in [0.4, 0.5) is 5.69 Å². The molecule has 2 rings (SSSR count). The van der Waals surface area contributed by atoms with Gasteiger partial charge >= 0.3 is 0 Å². The maximum Gasteiger partial charge on any atom is 0.103 e. The fourth-order valence-electron chi connectivity index (χ4n) is 2.85. The van der Waals surface area contributed by atoms with E-state index >= 15 is 0 Å². The average molecular weight is 307 g/mol. The topological polar surface area (TPSA) is 35.8 Å². The summed E-state index contributed by atoms with van der Waals surface area (Å²) in [5, 5.41) is 12.7. The second kappa shape index (κ2) is 5.75. The molecule has 0 saturated heterocycles. The van der Waals surface area contributed by atoms with Gasteiger partial charge in [0.2, 0.25) is 0 Å². The molecule has 1 saturated carbocycles. The smallest absolute Gasteiger partial charge is 0.103 e. The Morgan fingerprint density at radius 2 is 2.11 bits per heavy atom. The summed E-state index contributed by atoms with van der Waals surface area (Å²) in [6, 6.07) is 8.13. The molecule has 96 valence electrons. The predicted octanol–water partition coefficient (Wildman–Crippen LogP) is 4.70. The SMILES string of the molecule is CCC1(CNc2cccc(Br)c2C#N)CCCC1. The summed E-state index contributed by atoms with van der Waals surface area (Å²) in [6.07, 6.45) is 6.53. The third-order valence-electron chi connectivity index (χ3n) is 4.19. The van der Waals surface area contributed by atoms with E-state index in [-0.39, 0.29) is 0 Å². The molecule has 0 aromatic heterocycles. The summed E-state index contributed by atoms with van der Waals surface area (Å²) in [5.41, 5.74) is 2.10. The quantitative estimate of drug-likeness (QED) is 0.875. The van der Waals surface area contributed by atoms with Gasteiger partial charge in [0.05, 0.1) is 11.3 Å². The van der Waals surface area contributed by atoms with Crippen molar-refractivity contribution in [3.05, 3.63) is 28.2 Å². The molecule has 18 heavy (non-hydrogen) atoms. The van der Waals surface area contributed by atoms with Crippen molar-refractivity contribution in [1.82, 2.24) is 0 Å². The van der Waals surface area contributed by atoms with E-state index in [1.54, 1.807) is 0 Å². The first-order valence-corrected chi connectivity index (χ1v) is 7.42. The van der Waals surface area contributed by atoms with Gasteiger partial charge in [0.15, 0.2) is 0 Å². The number of nitriles is 1. The van der Waals surface area contributed by atoms with Crippen LogP contribution in [0.25, 0.3) is 0 Å². The minimum absolute atomic E-state index is 0.440. The van der Waals surface area contributed by atoms with Crippen molar-refractivity contribution in [1.29, 1.82) is 5.26 Å². The van der Waals surface area contributed by atoms with E-state index in [1.165, 1.54) is 32.1 Å². The number of anilines is 1. The maximum absolute atomic E-state index is 9.19. The highest BCUT2D eigenvalue weighted by molar-refractivity contribution is 9.10. The molecule has 0 amide bonds. The lowest BCUT2D eigenvalue weighted by atomic mass is 9.83. The van der Waals surface area contributed by atoms with Crippen LogP contribution in [-0.4, -0.2) is 6.54 Å². The molecule has 0 spiro atoms. The molecular formula is C15H19BrN2. The molecule has 3 heteroatoms. The normalized spacial score (nSPS) is 17.4. The highest BCUT2D eigenvalue weighted by atomic mass is 79.9. The van der Waals surface area contributed by atoms with E-state index < -0.39 is 0 Å². The Hall–Kier alpha value is -1.01. The minimum atomic E-state index is 0.440. The summed E-state index contributed by atoms with van der Waals surface area (Å²) in [7, 11) is 0. The molecule has 0 atom stereocenters. The van der Waals surface area contributed by atoms with Crippen LogP contribution >= 0.6 is 15.9 Å². The van der Waals surface area contributed by atoms with Crippen LogP contribution in [-0.2, 0) is 0 Å². The van der Waals surface area contributed by atoms with Crippen LogP contribution in [0.2, 0.25) is 0 Å². The van der Waals surface area contributed by atoms with E-state index in [0.717, 1.165) is 16.7 Å². The molecular weight excluding hydrogens is 288 g/mol. The number of benzene rings is 1. The summed E-state index contributed by atoms with van der Waals surface area (Å²) in [5.74, 6) is 0. The lowest BCUT2D eigenvalue weighted by molar-refractivity contribution is 0.307. The van der Waals surface area contributed by atoms with Crippen LogP contribution in [0, 0.1) is 16.7 Å². The first kappa shape index (κ1) is 13.4. The first-order valence-electron chi connectivity index (χ1n) is 6.63. The highest BCUT2D eigenvalue weighted by Gasteiger charge is 2.31. The van der Waals surface area contributed by atoms with Crippen molar-refractivity contribution in [2.24, 2.45) is 5.41 Å². The molecule has 0 unspecified atom stereocenters. The van der Waals surface area contributed by atoms with Crippen LogP contribution < -0.4 is 5.32 Å². The van der Waals surface area contributed by atoms with Gasteiger partial charge in [-0.3, -0.25) is 0 Å². The summed E-state index contributed by atoms with van der Waals surface area (Å²) in [6.45, 7) is 3.26. The van der Waals surface area contributed by atoms with Crippen molar-refractivity contribution in [3.63, 3.8) is 0 Å². The van der Waals surface area contributed by atoms with Crippen LogP contribution in [0.15, 0.2) is 22.7 Å². The Bertz CT molecular complexity index is 456. The van der Waals surface area contributed by atoms with Gasteiger partial charge in [-0.1, -0.05) is 25.8 Å². The molecule has 2 nitrogen and oxygen atoms in total. The van der Waals surface area contributed by atoms with Crippen LogP contribution in [0.3, 0.4) is 0 Å². The van der Waals surface area contributed by atoms with Crippen molar-refractivity contribution in [2.45, 2.75) is 39.0 Å². The average Bonchev–Trinajstić information content (AvgIpc) is 2.86. The van der Waals surface area contributed by atoms with E-state index in [0.29, 0.717) is 11.0 Å². The third kappa shape index (κ3) is 2.70. The Morgan fingerprint density at radius 3 is 2.72 bits per heavy atom. The molecule has 1 aliphatic rings. The highest BCUT2D eigenvalue weighted by Crippen LogP contribution is 2.41. The number of nitrogens with zero attached hydrogens (tertiary/aromatic N) is 1. The summed E-state index contributed by atoms with van der Waals surface area (Å²) >= 11 is 3.43. The third-order valence-corrected chi connectivity index (χ3v) is 4.85. The zero-order valence-corrected chi connectivity index (χ0v) is 12.4. The molecule has 1 aliphatic carbocycles. The second-order valence-electron chi connectivity index (χ2n) is 5.19. The number of halogens is 1. The van der Waals surface area contributed by atoms with Crippen LogP contribution in [0.1, 0.15) is 44.6 Å². The van der Waals surface area contributed by atoms with Gasteiger partial charge in [-0.05, 0) is 52.7 Å². The van der Waals surface area contributed by atoms with Crippen molar-refractivity contribution < 1.29 is 0 Å². The summed E-state index contributed by atoms with van der Waals surface area (Å²) in [4.78, 5) is 0. The van der Waals surface area contributed by atoms with Crippen LogP contribution in [0.5, 0.6) is 0 Å². The fraction of sp³-hybridized carbons (Fsp3) is 0.533. The molecule has 1 aromatic rings. The Labute approximate surface area is 118 Å². The molecule has 0 aliphatic heterocycles. The Morgan fingerprint density at radius 1 is 1.39 bits per heavy atom. The molecule has 0 bridgehead atoms. The maximum atomic E-state index is 9.19. The van der Waals surface area contributed by atoms with Crippen molar-refractivity contribution >= 4 is 21.6 Å². The zero-order chi connectivity index (χ0) is 13.0. The van der Waals surface area contributed by atoms with Crippen molar-refractivity contribution in [3.8, 4) is 6.07 Å². The Kier molecular flexibility index (Phi) is 4.29. The number of hydrogen-bond acceptors (Lipinski definition) is 2. The van der Waals surface area contributed by atoms with E-state index in [4.69, 9.17) is 0 Å². The van der Waals surface area contributed by atoms with Gasteiger partial charge in [0.1, 0.15) is 6.07 Å². The number of hydrogen-bond donors (Lipinski definition) is 1. The lowest BCUT2D eigenvalue weighted by Crippen LogP contribution is -2.26. The monoisotopic (exact) mass is 306 g/mol. The van der Waals surface area contributed by atoms with Gasteiger partial charge in [-0.15, -0.1) is 0 Å². The van der Waals surface area contributed by atoms with Crippen molar-refractivity contribution in [2.75, 3.05) is 11.9 Å². The van der Waals surface area contributed by atoms with E-state index in [1.807, 2.05) is 18.2 Å². The summed E-state index contributed by atoms with van der Waals surface area (Å²) < 4.78 is 0.868. The zero-order valence-electron chi connectivity index (χ0n) is 10.8. The first-order chi connectivity index (χ1) is 8.71. The minimum Gasteiger partial charge on any atom is -0.383 e. The second-order valence-corrected chi connectivity index (χ2v) is 6.04. The molecule has 1 fully saturated rings. The standard InChI is InChI=1S/C15H19BrN2/c1-2-15(8-3-4-9-15)11-18-14-7-5-6-13(16)12(14)10-17/h5-7,18H,2-4,8-9,11H2,1H3. The Balaban J connectivity index is 2.11. The van der Waals surface area contributed by atoms with E-state index in [9.17, 15) is 5.26 Å². The largest absolute Gasteiger partial charge is 0.383 e. The van der Waals surface area contributed by atoms with Gasteiger partial charge < -0.3 is 5.32 Å². The van der Waals surface area contributed by atoms with E-state index in [2.05, 4.69) is 34.2 Å². The molecule has 0 heterocycles. The number of rotatable bonds is 4. The lowest BCUT2D eigenvalue weighted by Gasteiger charge is -2.28. The fourth-order valence-corrected chi connectivity index (χ4v) is 3.30. The predicted molar refractivity (Wildman–Crippen MR) is 78.5 cm³/mol. The number of nitrogens with one attached hydrogen (secondary N) is 1. The van der Waals surface area contributed by atoms with Gasteiger partial charge in [0.25, 0.3) is 0 Å². The van der Waals surface area contributed by atoms with Gasteiger partial charge in [-0.2, -0.15) is 5.26 Å². The molecule has 1 aromatic carbocycles. The van der Waals surface area contributed by atoms with Gasteiger partial charge in [0, 0.05) is 11.0 Å². The van der Waals surface area contributed by atoms with Gasteiger partial charge in [-0.25, -0.2) is 0 Å². The molecule has 0 radical (unpaired) electrons. The molecule has 1 N–H and O–H groups in total.